The zero-order valence-corrected chi connectivity index (χ0v) is 13.3. The van der Waals surface area contributed by atoms with E-state index in [0.29, 0.717) is 6.42 Å². The molecule has 0 fully saturated rings. The number of hydrazone groups is 1. The summed E-state index contributed by atoms with van der Waals surface area (Å²) in [7, 11) is 0. The SMILES string of the molecule is CC(=O)N1N=C(c2ccsc2)C[C@@H]1c1ccc2nccnc2c1. The molecule has 0 saturated heterocycles. The van der Waals surface area contributed by atoms with Gasteiger partial charge in [0.15, 0.2) is 0 Å². The van der Waals surface area contributed by atoms with Gasteiger partial charge >= 0.3 is 0 Å². The fourth-order valence-corrected chi connectivity index (χ4v) is 3.52. The molecule has 1 aliphatic rings. The smallest absolute Gasteiger partial charge is 0.240 e. The molecule has 0 radical (unpaired) electrons. The summed E-state index contributed by atoms with van der Waals surface area (Å²) >= 11 is 1.63. The average Bonchev–Trinajstić information content (AvgIpc) is 3.23. The number of hydrogen-bond acceptors (Lipinski definition) is 5. The van der Waals surface area contributed by atoms with E-state index in [0.717, 1.165) is 27.9 Å². The lowest BCUT2D eigenvalue weighted by molar-refractivity contribution is -0.130. The first kappa shape index (κ1) is 14.0. The maximum absolute atomic E-state index is 12.0. The first-order valence-electron chi connectivity index (χ1n) is 7.33. The molecule has 0 unspecified atom stereocenters. The van der Waals surface area contributed by atoms with Crippen LogP contribution in [0.2, 0.25) is 0 Å². The third-order valence-corrected chi connectivity index (χ3v) is 4.65. The summed E-state index contributed by atoms with van der Waals surface area (Å²) in [6.07, 6.45) is 4.07. The lowest BCUT2D eigenvalue weighted by Gasteiger charge is -2.20. The standard InChI is InChI=1S/C17H14N4OS/c1-11(22)21-17(9-15(20-21)13-4-7-23-10-13)12-2-3-14-16(8-12)19-6-5-18-14/h2-8,10,17H,9H2,1H3/t17-/m1/s1. The number of benzene rings is 1. The fraction of sp³-hybridized carbons (Fsp3) is 0.176. The van der Waals surface area contributed by atoms with E-state index in [9.17, 15) is 4.79 Å². The molecule has 1 atom stereocenters. The second-order valence-corrected chi connectivity index (χ2v) is 6.23. The number of carbonyl (C=O) groups is 1. The summed E-state index contributed by atoms with van der Waals surface area (Å²) in [6.45, 7) is 1.55. The maximum atomic E-state index is 12.0. The predicted octanol–water partition coefficient (Wildman–Crippen LogP) is 3.39. The number of nitrogens with zero attached hydrogens (tertiary/aromatic N) is 4. The normalized spacial score (nSPS) is 17.5. The number of aromatic nitrogens is 2. The maximum Gasteiger partial charge on any atom is 0.240 e. The molecule has 0 aliphatic carbocycles. The fourth-order valence-electron chi connectivity index (χ4n) is 2.85. The monoisotopic (exact) mass is 322 g/mol. The number of fused-ring (bicyclic) bond motifs is 1. The largest absolute Gasteiger partial charge is 0.273 e. The van der Waals surface area contributed by atoms with Crippen molar-refractivity contribution in [2.45, 2.75) is 19.4 Å². The van der Waals surface area contributed by atoms with Crippen LogP contribution in [0.4, 0.5) is 0 Å². The van der Waals surface area contributed by atoms with Crippen LogP contribution in [0, 0.1) is 0 Å². The molecule has 1 amide bonds. The highest BCUT2D eigenvalue weighted by molar-refractivity contribution is 7.08. The zero-order chi connectivity index (χ0) is 15.8. The van der Waals surface area contributed by atoms with Crippen LogP contribution in [0.15, 0.2) is 52.5 Å². The molecule has 23 heavy (non-hydrogen) atoms. The van der Waals surface area contributed by atoms with Crippen LogP contribution >= 0.6 is 11.3 Å². The highest BCUT2D eigenvalue weighted by atomic mass is 32.1. The Labute approximate surface area is 137 Å². The van der Waals surface area contributed by atoms with Crippen molar-refractivity contribution in [2.75, 3.05) is 0 Å². The molecular weight excluding hydrogens is 308 g/mol. The Kier molecular flexibility index (Phi) is 3.38. The quantitative estimate of drug-likeness (QED) is 0.726. The van der Waals surface area contributed by atoms with Crippen LogP contribution in [-0.2, 0) is 4.79 Å². The Hall–Kier alpha value is -2.60. The molecule has 0 saturated carbocycles. The van der Waals surface area contributed by atoms with Gasteiger partial charge in [-0.2, -0.15) is 16.4 Å². The molecule has 1 aliphatic heterocycles. The molecule has 5 nitrogen and oxygen atoms in total. The average molecular weight is 322 g/mol. The van der Waals surface area contributed by atoms with Crippen molar-refractivity contribution in [3.63, 3.8) is 0 Å². The molecule has 1 aromatic carbocycles. The van der Waals surface area contributed by atoms with Gasteiger partial charge < -0.3 is 0 Å². The number of rotatable bonds is 2. The summed E-state index contributed by atoms with van der Waals surface area (Å²) in [5.41, 5.74) is 4.75. The third-order valence-electron chi connectivity index (χ3n) is 3.97. The summed E-state index contributed by atoms with van der Waals surface area (Å²) in [4.78, 5) is 20.6. The molecule has 6 heteroatoms. The molecule has 0 N–H and O–H groups in total. The Morgan fingerprint density at radius 3 is 2.78 bits per heavy atom. The molecule has 114 valence electrons. The van der Waals surface area contributed by atoms with Crippen molar-refractivity contribution < 1.29 is 4.79 Å². The van der Waals surface area contributed by atoms with E-state index in [1.54, 1.807) is 35.7 Å². The molecule has 0 spiro atoms. The Bertz CT molecular complexity index is 904. The Balaban J connectivity index is 1.73. The van der Waals surface area contributed by atoms with E-state index in [-0.39, 0.29) is 11.9 Å². The number of thiophene rings is 1. The van der Waals surface area contributed by atoms with E-state index in [2.05, 4.69) is 20.4 Å². The number of hydrogen-bond donors (Lipinski definition) is 0. The minimum atomic E-state index is -0.0891. The second-order valence-electron chi connectivity index (χ2n) is 5.45. The minimum Gasteiger partial charge on any atom is -0.273 e. The van der Waals surface area contributed by atoms with E-state index < -0.39 is 0 Å². The third kappa shape index (κ3) is 2.51. The summed E-state index contributed by atoms with van der Waals surface area (Å²) in [6, 6.07) is 7.89. The second kappa shape index (κ2) is 5.55. The summed E-state index contributed by atoms with van der Waals surface area (Å²) in [5, 5.41) is 10.2. The minimum absolute atomic E-state index is 0.0560. The number of amides is 1. The molecule has 2 aromatic heterocycles. The molecule has 3 heterocycles. The van der Waals surface area contributed by atoms with Gasteiger partial charge in [-0.05, 0) is 34.5 Å². The van der Waals surface area contributed by atoms with Gasteiger partial charge in [0.25, 0.3) is 0 Å². The van der Waals surface area contributed by atoms with Crippen molar-refractivity contribution in [3.8, 4) is 0 Å². The lowest BCUT2D eigenvalue weighted by atomic mass is 9.99. The zero-order valence-electron chi connectivity index (χ0n) is 12.5. The van der Waals surface area contributed by atoms with Gasteiger partial charge in [-0.25, -0.2) is 5.01 Å². The highest BCUT2D eigenvalue weighted by Gasteiger charge is 2.31. The van der Waals surface area contributed by atoms with Crippen molar-refractivity contribution in [1.29, 1.82) is 0 Å². The topological polar surface area (TPSA) is 58.5 Å². The van der Waals surface area contributed by atoms with Crippen LogP contribution in [0.3, 0.4) is 0 Å². The van der Waals surface area contributed by atoms with Crippen LogP contribution < -0.4 is 0 Å². The first-order chi connectivity index (χ1) is 11.2. The van der Waals surface area contributed by atoms with Gasteiger partial charge in [0, 0.05) is 31.3 Å². The van der Waals surface area contributed by atoms with Gasteiger partial charge in [0.1, 0.15) is 0 Å². The van der Waals surface area contributed by atoms with Crippen molar-refractivity contribution in [1.82, 2.24) is 15.0 Å². The Morgan fingerprint density at radius 1 is 1.22 bits per heavy atom. The Morgan fingerprint density at radius 2 is 2.04 bits per heavy atom. The first-order valence-corrected chi connectivity index (χ1v) is 8.27. The van der Waals surface area contributed by atoms with Crippen LogP contribution in [-0.4, -0.2) is 26.6 Å². The van der Waals surface area contributed by atoms with Crippen LogP contribution in [0.1, 0.15) is 30.5 Å². The van der Waals surface area contributed by atoms with E-state index >= 15 is 0 Å². The van der Waals surface area contributed by atoms with Gasteiger partial charge in [0.05, 0.1) is 22.8 Å². The van der Waals surface area contributed by atoms with Crippen LogP contribution in [0.5, 0.6) is 0 Å². The molecule has 0 bridgehead atoms. The van der Waals surface area contributed by atoms with Crippen molar-refractivity contribution in [2.24, 2.45) is 5.10 Å². The van der Waals surface area contributed by atoms with Gasteiger partial charge in [-0.3, -0.25) is 14.8 Å². The van der Waals surface area contributed by atoms with E-state index in [1.807, 2.05) is 29.6 Å². The van der Waals surface area contributed by atoms with Gasteiger partial charge in [0.2, 0.25) is 5.91 Å². The van der Waals surface area contributed by atoms with Crippen molar-refractivity contribution >= 4 is 34.0 Å². The highest BCUT2D eigenvalue weighted by Crippen LogP contribution is 2.34. The van der Waals surface area contributed by atoms with Gasteiger partial charge in [-0.1, -0.05) is 6.07 Å². The van der Waals surface area contributed by atoms with E-state index in [1.165, 1.54) is 0 Å². The molecular formula is C17H14N4OS. The number of carbonyl (C=O) groups excluding carboxylic acids is 1. The van der Waals surface area contributed by atoms with Crippen LogP contribution in [0.25, 0.3) is 11.0 Å². The van der Waals surface area contributed by atoms with E-state index in [4.69, 9.17) is 0 Å². The van der Waals surface area contributed by atoms with Crippen molar-refractivity contribution in [3.05, 3.63) is 58.5 Å². The van der Waals surface area contributed by atoms with Gasteiger partial charge in [-0.15, -0.1) is 0 Å². The molecule has 4 rings (SSSR count). The molecule has 3 aromatic rings. The summed E-state index contributed by atoms with van der Waals surface area (Å²) in [5.74, 6) is -0.0560. The predicted molar refractivity (Wildman–Crippen MR) is 90.3 cm³/mol. The lowest BCUT2D eigenvalue weighted by Crippen LogP contribution is -2.24. The summed E-state index contributed by atoms with van der Waals surface area (Å²) < 4.78 is 0.